The number of benzene rings is 1. The Morgan fingerprint density at radius 3 is 1.54 bits per heavy atom. The highest BCUT2D eigenvalue weighted by atomic mass is 28.4. The van der Waals surface area contributed by atoms with Gasteiger partial charge in [0.25, 0.3) is 16.6 Å². The molecule has 1 unspecified atom stereocenters. The van der Waals surface area contributed by atoms with E-state index in [9.17, 15) is 0 Å². The molecule has 0 aromatic heterocycles. The SMILES string of the molecule is CC(C)[Si](O/C=C1/CCC(O[Si](C(C)C)(C(C)C)C(C)C)=CC1c1ccccc1)(C(C)C)C(C)C. The lowest BCUT2D eigenvalue weighted by Gasteiger charge is -2.44. The Kier molecular flexibility index (Phi) is 10.5. The van der Waals surface area contributed by atoms with Crippen LogP contribution in [0.3, 0.4) is 0 Å². The maximum Gasteiger partial charge on any atom is 0.258 e. The molecule has 0 amide bonds. The van der Waals surface area contributed by atoms with Crippen molar-refractivity contribution in [3.8, 4) is 0 Å². The van der Waals surface area contributed by atoms with Crippen molar-refractivity contribution in [2.45, 2.75) is 135 Å². The Morgan fingerprint density at radius 2 is 1.11 bits per heavy atom. The van der Waals surface area contributed by atoms with Gasteiger partial charge in [0.1, 0.15) is 0 Å². The largest absolute Gasteiger partial charge is 0.548 e. The minimum absolute atomic E-state index is 0.219. The van der Waals surface area contributed by atoms with Gasteiger partial charge in [0.15, 0.2) is 0 Å². The molecule has 0 saturated heterocycles. The molecule has 0 saturated carbocycles. The van der Waals surface area contributed by atoms with Crippen molar-refractivity contribution in [3.05, 3.63) is 59.6 Å². The van der Waals surface area contributed by atoms with E-state index in [1.54, 1.807) is 0 Å². The molecule has 1 atom stereocenters. The van der Waals surface area contributed by atoms with Crippen LogP contribution in [0.2, 0.25) is 33.2 Å². The number of rotatable bonds is 11. The Labute approximate surface area is 219 Å². The second-order valence-electron chi connectivity index (χ2n) is 12.6. The first-order valence-electron chi connectivity index (χ1n) is 14.1. The molecule has 1 aliphatic rings. The summed E-state index contributed by atoms with van der Waals surface area (Å²) in [6, 6.07) is 10.9. The Morgan fingerprint density at radius 1 is 0.657 bits per heavy atom. The van der Waals surface area contributed by atoms with Crippen molar-refractivity contribution in [2.24, 2.45) is 0 Å². The summed E-state index contributed by atoms with van der Waals surface area (Å²) in [6.45, 7) is 28.4. The Bertz CT molecular complexity index is 806. The molecule has 35 heavy (non-hydrogen) atoms. The topological polar surface area (TPSA) is 18.5 Å². The van der Waals surface area contributed by atoms with E-state index in [-0.39, 0.29) is 5.92 Å². The standard InChI is InChI=1S/C31H54O2Si2/c1-22(2)34(23(3)4,24(5)6)32-21-29-18-19-30(20-31(29)28-16-14-13-15-17-28)33-35(25(7)8,26(9)10)27(11)12/h13-17,20-27,31H,18-19H2,1-12H3/b29-21-. The van der Waals surface area contributed by atoms with Crippen LogP contribution in [0.5, 0.6) is 0 Å². The van der Waals surface area contributed by atoms with Crippen molar-refractivity contribution < 1.29 is 8.85 Å². The van der Waals surface area contributed by atoms with Crippen molar-refractivity contribution in [1.82, 2.24) is 0 Å². The summed E-state index contributed by atoms with van der Waals surface area (Å²) in [5.41, 5.74) is 6.18. The molecule has 4 heteroatoms. The first-order valence-corrected chi connectivity index (χ1v) is 18.4. The predicted molar refractivity (Wildman–Crippen MR) is 159 cm³/mol. The quantitative estimate of drug-likeness (QED) is 0.216. The number of allylic oxidation sites excluding steroid dienone is 3. The normalized spacial score (nSPS) is 19.0. The van der Waals surface area contributed by atoms with Crippen LogP contribution < -0.4 is 0 Å². The van der Waals surface area contributed by atoms with E-state index in [4.69, 9.17) is 8.85 Å². The summed E-state index contributed by atoms with van der Waals surface area (Å²) in [5.74, 6) is 1.43. The molecule has 0 spiro atoms. The van der Waals surface area contributed by atoms with E-state index >= 15 is 0 Å². The van der Waals surface area contributed by atoms with Crippen LogP contribution >= 0.6 is 0 Å². The van der Waals surface area contributed by atoms with Gasteiger partial charge in [-0.1, -0.05) is 113 Å². The third kappa shape index (κ3) is 6.18. The highest BCUT2D eigenvalue weighted by Gasteiger charge is 2.48. The molecule has 2 rings (SSSR count). The number of hydrogen-bond acceptors (Lipinski definition) is 2. The molecule has 0 N–H and O–H groups in total. The number of hydrogen-bond donors (Lipinski definition) is 0. The Hall–Kier alpha value is -1.27. The summed E-state index contributed by atoms with van der Waals surface area (Å²) in [6.07, 6.45) is 6.59. The van der Waals surface area contributed by atoms with Crippen molar-refractivity contribution in [2.75, 3.05) is 0 Å². The third-order valence-corrected chi connectivity index (χ3v) is 20.7. The van der Waals surface area contributed by atoms with Crippen LogP contribution in [-0.2, 0) is 8.85 Å². The van der Waals surface area contributed by atoms with Crippen molar-refractivity contribution in [3.63, 3.8) is 0 Å². The third-order valence-electron chi connectivity index (χ3n) is 8.71. The van der Waals surface area contributed by atoms with Crippen LogP contribution in [0.15, 0.2) is 54.0 Å². The fourth-order valence-electron chi connectivity index (χ4n) is 7.15. The lowest BCUT2D eigenvalue weighted by molar-refractivity contribution is 0.343. The molecule has 0 radical (unpaired) electrons. The smallest absolute Gasteiger partial charge is 0.258 e. The van der Waals surface area contributed by atoms with Gasteiger partial charge in [-0.15, -0.1) is 0 Å². The Balaban J connectivity index is 2.52. The molecular weight excluding hydrogens is 461 g/mol. The summed E-state index contributed by atoms with van der Waals surface area (Å²) in [5, 5.41) is 0. The molecule has 0 bridgehead atoms. The molecule has 2 nitrogen and oxygen atoms in total. The fraction of sp³-hybridized carbons (Fsp3) is 0.677. The van der Waals surface area contributed by atoms with Gasteiger partial charge < -0.3 is 8.85 Å². The van der Waals surface area contributed by atoms with Gasteiger partial charge >= 0.3 is 0 Å². The highest BCUT2D eigenvalue weighted by molar-refractivity contribution is 6.78. The molecule has 1 aromatic rings. The van der Waals surface area contributed by atoms with Crippen molar-refractivity contribution >= 4 is 16.6 Å². The van der Waals surface area contributed by atoms with Crippen LogP contribution in [0, 0.1) is 0 Å². The molecule has 198 valence electrons. The van der Waals surface area contributed by atoms with Crippen LogP contribution in [0.25, 0.3) is 0 Å². The lowest BCUT2D eigenvalue weighted by Crippen LogP contribution is -2.47. The van der Waals surface area contributed by atoms with E-state index < -0.39 is 16.6 Å². The zero-order chi connectivity index (χ0) is 26.6. The van der Waals surface area contributed by atoms with E-state index in [0.29, 0.717) is 33.2 Å². The van der Waals surface area contributed by atoms with Crippen molar-refractivity contribution in [1.29, 1.82) is 0 Å². The summed E-state index contributed by atoms with van der Waals surface area (Å²) >= 11 is 0. The van der Waals surface area contributed by atoms with Gasteiger partial charge in [0.05, 0.1) is 12.0 Å². The van der Waals surface area contributed by atoms with Gasteiger partial charge in [-0.2, -0.15) is 0 Å². The van der Waals surface area contributed by atoms with Gasteiger partial charge in [0.2, 0.25) is 0 Å². The summed E-state index contributed by atoms with van der Waals surface area (Å²) < 4.78 is 14.1. The second kappa shape index (κ2) is 12.3. The first-order chi connectivity index (χ1) is 16.3. The molecule has 1 aromatic carbocycles. The monoisotopic (exact) mass is 514 g/mol. The van der Waals surface area contributed by atoms with E-state index in [0.717, 1.165) is 12.8 Å². The van der Waals surface area contributed by atoms with Gasteiger partial charge in [-0.25, -0.2) is 0 Å². The average Bonchev–Trinajstić information content (AvgIpc) is 2.77. The zero-order valence-electron chi connectivity index (χ0n) is 24.8. The minimum atomic E-state index is -1.97. The van der Waals surface area contributed by atoms with E-state index in [2.05, 4.69) is 126 Å². The molecule has 0 aliphatic heterocycles. The average molecular weight is 515 g/mol. The lowest BCUT2D eigenvalue weighted by atomic mass is 9.84. The first kappa shape index (κ1) is 30.0. The summed E-state index contributed by atoms with van der Waals surface area (Å²) in [4.78, 5) is 0. The maximum absolute atomic E-state index is 7.16. The zero-order valence-corrected chi connectivity index (χ0v) is 26.8. The predicted octanol–water partition coefficient (Wildman–Crippen LogP) is 10.7. The fourth-order valence-corrected chi connectivity index (χ4v) is 17.7. The highest BCUT2D eigenvalue weighted by Crippen LogP contribution is 2.47. The maximum atomic E-state index is 7.16. The molecule has 1 aliphatic carbocycles. The van der Waals surface area contributed by atoms with Gasteiger partial charge in [0, 0.05) is 12.3 Å². The minimum Gasteiger partial charge on any atom is -0.548 e. The van der Waals surface area contributed by atoms with Gasteiger partial charge in [-0.3, -0.25) is 0 Å². The van der Waals surface area contributed by atoms with Crippen LogP contribution in [0.1, 0.15) is 107 Å². The van der Waals surface area contributed by atoms with Crippen LogP contribution in [0.4, 0.5) is 0 Å². The van der Waals surface area contributed by atoms with E-state index in [1.807, 2.05) is 0 Å². The second-order valence-corrected chi connectivity index (χ2v) is 23.4. The summed E-state index contributed by atoms with van der Waals surface area (Å²) in [7, 11) is -3.94. The molecular formula is C31H54O2Si2. The van der Waals surface area contributed by atoms with Gasteiger partial charge in [-0.05, 0) is 56.9 Å². The van der Waals surface area contributed by atoms with Crippen LogP contribution in [-0.4, -0.2) is 16.6 Å². The van der Waals surface area contributed by atoms with E-state index in [1.165, 1.54) is 16.9 Å². The molecule has 0 fully saturated rings. The molecule has 0 heterocycles.